The maximum absolute atomic E-state index is 13.5. The van der Waals surface area contributed by atoms with Gasteiger partial charge in [0.2, 0.25) is 5.91 Å². The van der Waals surface area contributed by atoms with E-state index in [0.29, 0.717) is 0 Å². The molecule has 0 aliphatic rings. The Hall–Kier alpha value is -2.31. The maximum Gasteiger partial charge on any atom is 0.338 e. The van der Waals surface area contributed by atoms with Gasteiger partial charge in [0.15, 0.2) is 0 Å². The number of nitrogen functional groups attached to an aromatic ring is 1. The summed E-state index contributed by atoms with van der Waals surface area (Å²) in [5.74, 6) is -3.01. The van der Waals surface area contributed by atoms with Crippen molar-refractivity contribution in [2.75, 3.05) is 11.1 Å². The molecular formula is C11H14FN3O3. The average Bonchev–Trinajstić information content (AvgIpc) is 2.21. The van der Waals surface area contributed by atoms with Crippen molar-refractivity contribution in [2.24, 2.45) is 5.73 Å². The van der Waals surface area contributed by atoms with E-state index in [1.54, 1.807) is 0 Å². The number of primary amides is 1. The summed E-state index contributed by atoms with van der Waals surface area (Å²) in [6.45, 7) is 3.00. The van der Waals surface area contributed by atoms with Gasteiger partial charge in [0.25, 0.3) is 0 Å². The van der Waals surface area contributed by atoms with E-state index in [4.69, 9.17) is 16.6 Å². The number of carbonyl (C=O) groups excluding carboxylic acids is 1. The summed E-state index contributed by atoms with van der Waals surface area (Å²) >= 11 is 0. The van der Waals surface area contributed by atoms with Gasteiger partial charge in [-0.2, -0.15) is 0 Å². The molecule has 0 bridgehead atoms. The van der Waals surface area contributed by atoms with Crippen LogP contribution >= 0.6 is 0 Å². The topological polar surface area (TPSA) is 118 Å². The van der Waals surface area contributed by atoms with Gasteiger partial charge in [-0.15, -0.1) is 0 Å². The molecule has 0 aromatic heterocycles. The molecule has 1 rings (SSSR count). The zero-order valence-corrected chi connectivity index (χ0v) is 9.95. The van der Waals surface area contributed by atoms with E-state index in [-0.39, 0.29) is 11.4 Å². The zero-order chi connectivity index (χ0) is 14.1. The zero-order valence-electron chi connectivity index (χ0n) is 9.95. The first-order valence-corrected chi connectivity index (χ1v) is 5.05. The standard InChI is InChI=1S/C11H14FN3O3/c1-11(2,10(14)18)15-8-4-6(12)5(9(16)17)3-7(8)13/h3-4,15H,13H2,1-2H3,(H2,14,18)(H,16,17). The Morgan fingerprint density at radius 2 is 1.94 bits per heavy atom. The SMILES string of the molecule is CC(C)(Nc1cc(F)c(C(=O)O)cc1N)C(N)=O. The molecule has 1 aromatic carbocycles. The quantitative estimate of drug-likeness (QED) is 0.593. The van der Waals surface area contributed by atoms with E-state index in [9.17, 15) is 14.0 Å². The van der Waals surface area contributed by atoms with Crippen molar-refractivity contribution in [2.45, 2.75) is 19.4 Å². The van der Waals surface area contributed by atoms with Gasteiger partial charge in [0, 0.05) is 0 Å². The Balaban J connectivity index is 3.17. The highest BCUT2D eigenvalue weighted by Gasteiger charge is 2.26. The third-order valence-electron chi connectivity index (χ3n) is 2.43. The fraction of sp³-hybridized carbons (Fsp3) is 0.273. The molecule has 1 amide bonds. The number of rotatable bonds is 4. The van der Waals surface area contributed by atoms with E-state index in [2.05, 4.69) is 5.32 Å². The van der Waals surface area contributed by atoms with Crippen LogP contribution in [0.25, 0.3) is 0 Å². The second-order valence-electron chi connectivity index (χ2n) is 4.34. The van der Waals surface area contributed by atoms with Crippen LogP contribution in [0, 0.1) is 5.82 Å². The van der Waals surface area contributed by atoms with E-state index >= 15 is 0 Å². The molecule has 6 N–H and O–H groups in total. The number of benzene rings is 1. The molecule has 0 heterocycles. The number of aromatic carboxylic acids is 1. The molecule has 0 aliphatic heterocycles. The van der Waals surface area contributed by atoms with Gasteiger partial charge >= 0.3 is 5.97 Å². The largest absolute Gasteiger partial charge is 0.478 e. The van der Waals surface area contributed by atoms with Gasteiger partial charge in [-0.1, -0.05) is 0 Å². The number of nitrogens with one attached hydrogen (secondary N) is 1. The number of carboxylic acid groups (broad SMARTS) is 1. The van der Waals surface area contributed by atoms with Crippen LogP contribution in [0.15, 0.2) is 12.1 Å². The molecule has 18 heavy (non-hydrogen) atoms. The highest BCUT2D eigenvalue weighted by molar-refractivity contribution is 5.92. The van der Waals surface area contributed by atoms with Crippen molar-refractivity contribution in [1.29, 1.82) is 0 Å². The smallest absolute Gasteiger partial charge is 0.338 e. The predicted octanol–water partition coefficient (Wildman–Crippen LogP) is 0.782. The van der Waals surface area contributed by atoms with Crippen LogP contribution in [-0.4, -0.2) is 22.5 Å². The minimum atomic E-state index is -1.42. The molecule has 0 radical (unpaired) electrons. The Bertz CT molecular complexity index is 515. The third kappa shape index (κ3) is 2.68. The van der Waals surface area contributed by atoms with Crippen LogP contribution in [0.5, 0.6) is 0 Å². The first-order chi connectivity index (χ1) is 8.15. The van der Waals surface area contributed by atoms with Crippen LogP contribution in [0.1, 0.15) is 24.2 Å². The van der Waals surface area contributed by atoms with Gasteiger partial charge in [0.05, 0.1) is 16.9 Å². The number of carbonyl (C=O) groups is 2. The summed E-state index contributed by atoms with van der Waals surface area (Å²) in [5.41, 5.74) is 9.21. The summed E-state index contributed by atoms with van der Waals surface area (Å²) in [7, 11) is 0. The van der Waals surface area contributed by atoms with Crippen molar-refractivity contribution in [3.63, 3.8) is 0 Å². The number of hydrogen-bond donors (Lipinski definition) is 4. The first-order valence-electron chi connectivity index (χ1n) is 5.05. The number of carboxylic acids is 1. The van der Waals surface area contributed by atoms with E-state index < -0.39 is 28.8 Å². The summed E-state index contributed by atoms with van der Waals surface area (Å²) in [6, 6.07) is 1.90. The highest BCUT2D eigenvalue weighted by Crippen LogP contribution is 2.26. The molecule has 0 unspecified atom stereocenters. The van der Waals surface area contributed by atoms with Gasteiger partial charge in [-0.25, -0.2) is 9.18 Å². The summed E-state index contributed by atoms with van der Waals surface area (Å²) in [4.78, 5) is 21.8. The van der Waals surface area contributed by atoms with E-state index in [1.165, 1.54) is 13.8 Å². The highest BCUT2D eigenvalue weighted by atomic mass is 19.1. The van der Waals surface area contributed by atoms with E-state index in [1.807, 2.05) is 0 Å². The number of halogens is 1. The van der Waals surface area contributed by atoms with Crippen LogP contribution in [0.2, 0.25) is 0 Å². The van der Waals surface area contributed by atoms with Gasteiger partial charge in [-0.05, 0) is 26.0 Å². The normalized spacial score (nSPS) is 11.1. The molecular weight excluding hydrogens is 241 g/mol. The maximum atomic E-state index is 13.5. The molecule has 0 saturated heterocycles. The van der Waals surface area contributed by atoms with Gasteiger partial charge in [0.1, 0.15) is 11.4 Å². The Morgan fingerprint density at radius 3 is 2.39 bits per heavy atom. The second-order valence-corrected chi connectivity index (χ2v) is 4.34. The molecule has 1 aromatic rings. The van der Waals surface area contributed by atoms with Crippen LogP contribution in [0.3, 0.4) is 0 Å². The summed E-state index contributed by atoms with van der Waals surface area (Å²) < 4.78 is 13.5. The lowest BCUT2D eigenvalue weighted by molar-refractivity contribution is -0.121. The molecule has 0 fully saturated rings. The van der Waals surface area contributed by atoms with E-state index in [0.717, 1.165) is 12.1 Å². The molecule has 98 valence electrons. The molecule has 7 heteroatoms. The Morgan fingerprint density at radius 1 is 1.39 bits per heavy atom. The van der Waals surface area contributed by atoms with Gasteiger partial charge < -0.3 is 21.9 Å². The van der Waals surface area contributed by atoms with Crippen LogP contribution in [-0.2, 0) is 4.79 Å². The van der Waals surface area contributed by atoms with Crippen molar-refractivity contribution in [3.05, 3.63) is 23.5 Å². The lowest BCUT2D eigenvalue weighted by Gasteiger charge is -2.24. The minimum Gasteiger partial charge on any atom is -0.478 e. The number of hydrogen-bond acceptors (Lipinski definition) is 4. The van der Waals surface area contributed by atoms with Crippen molar-refractivity contribution in [3.8, 4) is 0 Å². The number of anilines is 2. The first kappa shape index (κ1) is 13.8. The monoisotopic (exact) mass is 255 g/mol. The summed E-state index contributed by atoms with van der Waals surface area (Å²) in [6.07, 6.45) is 0. The minimum absolute atomic E-state index is 0.0168. The lowest BCUT2D eigenvalue weighted by atomic mass is 10.0. The van der Waals surface area contributed by atoms with Crippen LogP contribution in [0.4, 0.5) is 15.8 Å². The fourth-order valence-corrected chi connectivity index (χ4v) is 1.26. The van der Waals surface area contributed by atoms with Crippen molar-refractivity contribution in [1.82, 2.24) is 0 Å². The molecule has 0 saturated carbocycles. The molecule has 0 aliphatic carbocycles. The lowest BCUT2D eigenvalue weighted by Crippen LogP contribution is -2.45. The van der Waals surface area contributed by atoms with Gasteiger partial charge in [-0.3, -0.25) is 4.79 Å². The second kappa shape index (κ2) is 4.52. The summed E-state index contributed by atoms with van der Waals surface area (Å²) in [5, 5.41) is 11.4. The van der Waals surface area contributed by atoms with Crippen LogP contribution < -0.4 is 16.8 Å². The molecule has 0 atom stereocenters. The van der Waals surface area contributed by atoms with Crippen molar-refractivity contribution < 1.29 is 19.1 Å². The van der Waals surface area contributed by atoms with Crippen molar-refractivity contribution >= 4 is 23.3 Å². The average molecular weight is 255 g/mol. The Labute approximate surface area is 103 Å². The molecule has 0 spiro atoms. The third-order valence-corrected chi connectivity index (χ3v) is 2.43. The fourth-order valence-electron chi connectivity index (χ4n) is 1.26. The number of amides is 1. The number of nitrogens with two attached hydrogens (primary N) is 2. The predicted molar refractivity (Wildman–Crippen MR) is 64.7 cm³/mol. The Kier molecular flexibility index (Phi) is 3.45. The molecule has 6 nitrogen and oxygen atoms in total.